The number of ether oxygens (including phenoxy) is 1. The molecule has 2 aromatic rings. The SMILES string of the molecule is COc1cccc(SCC(=O)c2ccc(C#N)cc2)c1. The normalized spacial score (nSPS) is 9.80. The molecule has 0 spiro atoms. The highest BCUT2D eigenvalue weighted by Gasteiger charge is 2.07. The van der Waals surface area contributed by atoms with Crippen LogP contribution in [0.5, 0.6) is 5.75 Å². The number of methoxy groups -OCH3 is 1. The predicted octanol–water partition coefficient (Wildman–Crippen LogP) is 3.54. The van der Waals surface area contributed by atoms with Crippen LogP contribution in [0.4, 0.5) is 0 Å². The molecule has 0 aromatic heterocycles. The highest BCUT2D eigenvalue weighted by molar-refractivity contribution is 8.00. The standard InChI is InChI=1S/C16H13NO2S/c1-19-14-3-2-4-15(9-14)20-11-16(18)13-7-5-12(10-17)6-8-13/h2-9H,11H2,1H3. The molecule has 0 unspecified atom stereocenters. The molecule has 20 heavy (non-hydrogen) atoms. The van der Waals surface area contributed by atoms with Crippen molar-refractivity contribution < 1.29 is 9.53 Å². The Balaban J connectivity index is 1.99. The van der Waals surface area contributed by atoms with Gasteiger partial charge < -0.3 is 4.74 Å². The van der Waals surface area contributed by atoms with Gasteiger partial charge >= 0.3 is 0 Å². The van der Waals surface area contributed by atoms with Crippen molar-refractivity contribution in [3.8, 4) is 11.8 Å². The number of nitrogens with zero attached hydrogens (tertiary/aromatic N) is 1. The molecule has 2 aromatic carbocycles. The summed E-state index contributed by atoms with van der Waals surface area (Å²) in [6.45, 7) is 0. The lowest BCUT2D eigenvalue weighted by molar-refractivity contribution is 0.102. The van der Waals surface area contributed by atoms with Crippen molar-refractivity contribution in [3.63, 3.8) is 0 Å². The molecule has 0 N–H and O–H groups in total. The van der Waals surface area contributed by atoms with Crippen molar-refractivity contribution in [1.29, 1.82) is 5.26 Å². The molecule has 4 heteroatoms. The minimum atomic E-state index is 0.0438. The maximum atomic E-state index is 12.0. The van der Waals surface area contributed by atoms with E-state index in [1.165, 1.54) is 11.8 Å². The molecular weight excluding hydrogens is 270 g/mol. The summed E-state index contributed by atoms with van der Waals surface area (Å²) in [5.74, 6) is 1.18. The number of carbonyl (C=O) groups excluding carboxylic acids is 1. The van der Waals surface area contributed by atoms with E-state index in [-0.39, 0.29) is 5.78 Å². The Morgan fingerprint density at radius 2 is 2.00 bits per heavy atom. The van der Waals surface area contributed by atoms with E-state index in [9.17, 15) is 4.79 Å². The minimum absolute atomic E-state index is 0.0438. The van der Waals surface area contributed by atoms with Crippen LogP contribution in [0.15, 0.2) is 53.4 Å². The van der Waals surface area contributed by atoms with Crippen LogP contribution in [0.3, 0.4) is 0 Å². The highest BCUT2D eigenvalue weighted by Crippen LogP contribution is 2.23. The fourth-order valence-corrected chi connectivity index (χ4v) is 2.49. The van der Waals surface area contributed by atoms with Gasteiger partial charge in [-0.3, -0.25) is 4.79 Å². The average Bonchev–Trinajstić information content (AvgIpc) is 2.53. The second-order valence-corrected chi connectivity index (χ2v) is 5.13. The van der Waals surface area contributed by atoms with Gasteiger partial charge in [-0.05, 0) is 30.3 Å². The number of ketones is 1. The van der Waals surface area contributed by atoms with Gasteiger partial charge in [-0.15, -0.1) is 11.8 Å². The van der Waals surface area contributed by atoms with Gasteiger partial charge in [0.1, 0.15) is 5.75 Å². The first-order valence-corrected chi connectivity index (χ1v) is 7.01. The molecule has 0 aliphatic heterocycles. The van der Waals surface area contributed by atoms with E-state index in [1.54, 1.807) is 31.4 Å². The number of benzene rings is 2. The number of thioether (sulfide) groups is 1. The van der Waals surface area contributed by atoms with Gasteiger partial charge in [0, 0.05) is 10.5 Å². The zero-order valence-corrected chi connectivity index (χ0v) is 11.8. The first-order valence-electron chi connectivity index (χ1n) is 6.03. The molecule has 100 valence electrons. The highest BCUT2D eigenvalue weighted by atomic mass is 32.2. The third-order valence-electron chi connectivity index (χ3n) is 2.75. The molecule has 0 saturated heterocycles. The van der Waals surface area contributed by atoms with E-state index in [4.69, 9.17) is 10.00 Å². The summed E-state index contributed by atoms with van der Waals surface area (Å²) >= 11 is 1.47. The molecule has 2 rings (SSSR count). The first kappa shape index (κ1) is 14.2. The van der Waals surface area contributed by atoms with Crippen LogP contribution in [0.1, 0.15) is 15.9 Å². The minimum Gasteiger partial charge on any atom is -0.497 e. The number of rotatable bonds is 5. The molecule has 0 radical (unpaired) electrons. The molecular formula is C16H13NO2S. The third-order valence-corrected chi connectivity index (χ3v) is 3.74. The zero-order valence-electron chi connectivity index (χ0n) is 11.0. The smallest absolute Gasteiger partial charge is 0.173 e. The topological polar surface area (TPSA) is 50.1 Å². The Morgan fingerprint density at radius 3 is 2.65 bits per heavy atom. The van der Waals surface area contributed by atoms with Crippen LogP contribution in [-0.4, -0.2) is 18.6 Å². The Morgan fingerprint density at radius 1 is 1.25 bits per heavy atom. The second-order valence-electron chi connectivity index (χ2n) is 4.08. The van der Waals surface area contributed by atoms with Crippen molar-refractivity contribution in [3.05, 3.63) is 59.7 Å². The van der Waals surface area contributed by atoms with E-state index in [0.29, 0.717) is 16.9 Å². The van der Waals surface area contributed by atoms with Crippen LogP contribution < -0.4 is 4.74 Å². The van der Waals surface area contributed by atoms with Crippen LogP contribution in [0.2, 0.25) is 0 Å². The quantitative estimate of drug-likeness (QED) is 0.622. The van der Waals surface area contributed by atoms with Gasteiger partial charge in [0.25, 0.3) is 0 Å². The molecule has 0 aliphatic carbocycles. The molecule has 0 heterocycles. The Labute approximate surface area is 122 Å². The van der Waals surface area contributed by atoms with E-state index in [0.717, 1.165) is 10.6 Å². The maximum Gasteiger partial charge on any atom is 0.173 e. The zero-order chi connectivity index (χ0) is 14.4. The van der Waals surface area contributed by atoms with Crippen LogP contribution in [-0.2, 0) is 0 Å². The number of Topliss-reactive ketones (excluding diaryl/α,β-unsaturated/α-hetero) is 1. The molecule has 0 bridgehead atoms. The largest absolute Gasteiger partial charge is 0.497 e. The summed E-state index contributed by atoms with van der Waals surface area (Å²) in [5, 5.41) is 8.72. The van der Waals surface area contributed by atoms with Gasteiger partial charge in [-0.25, -0.2) is 0 Å². The summed E-state index contributed by atoms with van der Waals surface area (Å²) in [5.41, 5.74) is 1.18. The summed E-state index contributed by atoms with van der Waals surface area (Å²) in [6, 6.07) is 16.3. The fourth-order valence-electron chi connectivity index (χ4n) is 1.65. The van der Waals surface area contributed by atoms with Crippen LogP contribution in [0, 0.1) is 11.3 Å². The fraction of sp³-hybridized carbons (Fsp3) is 0.125. The number of hydrogen-bond acceptors (Lipinski definition) is 4. The lowest BCUT2D eigenvalue weighted by atomic mass is 10.1. The summed E-state index contributed by atoms with van der Waals surface area (Å²) in [7, 11) is 1.62. The third kappa shape index (κ3) is 3.62. The van der Waals surface area contributed by atoms with E-state index in [1.807, 2.05) is 30.3 Å². The lowest BCUT2D eigenvalue weighted by Crippen LogP contribution is -2.02. The van der Waals surface area contributed by atoms with E-state index < -0.39 is 0 Å². The Kier molecular flexibility index (Phi) is 4.80. The van der Waals surface area contributed by atoms with Gasteiger partial charge in [-0.2, -0.15) is 5.26 Å². The second kappa shape index (κ2) is 6.78. The van der Waals surface area contributed by atoms with Gasteiger partial charge in [0.2, 0.25) is 0 Å². The van der Waals surface area contributed by atoms with E-state index >= 15 is 0 Å². The molecule has 0 amide bonds. The van der Waals surface area contributed by atoms with Gasteiger partial charge in [0.15, 0.2) is 5.78 Å². The first-order chi connectivity index (χ1) is 9.72. The Hall–Kier alpha value is -2.25. The lowest BCUT2D eigenvalue weighted by Gasteiger charge is -2.04. The summed E-state index contributed by atoms with van der Waals surface area (Å²) in [6.07, 6.45) is 0. The molecule has 3 nitrogen and oxygen atoms in total. The predicted molar refractivity (Wildman–Crippen MR) is 79.2 cm³/mol. The van der Waals surface area contributed by atoms with E-state index in [2.05, 4.69) is 0 Å². The van der Waals surface area contributed by atoms with Crippen molar-refractivity contribution in [1.82, 2.24) is 0 Å². The maximum absolute atomic E-state index is 12.0. The van der Waals surface area contributed by atoms with Crippen LogP contribution in [0.25, 0.3) is 0 Å². The van der Waals surface area contributed by atoms with Crippen LogP contribution >= 0.6 is 11.8 Å². The Bertz CT molecular complexity index is 644. The number of hydrogen-bond donors (Lipinski definition) is 0. The molecule has 0 fully saturated rings. The average molecular weight is 283 g/mol. The van der Waals surface area contributed by atoms with Crippen molar-refractivity contribution in [2.75, 3.05) is 12.9 Å². The van der Waals surface area contributed by atoms with Crippen molar-refractivity contribution in [2.24, 2.45) is 0 Å². The molecule has 0 atom stereocenters. The monoisotopic (exact) mass is 283 g/mol. The number of carbonyl (C=O) groups is 1. The van der Waals surface area contributed by atoms with Gasteiger partial charge in [-0.1, -0.05) is 18.2 Å². The molecule has 0 saturated carbocycles. The van der Waals surface area contributed by atoms with Crippen molar-refractivity contribution >= 4 is 17.5 Å². The summed E-state index contributed by atoms with van der Waals surface area (Å²) in [4.78, 5) is 13.0. The molecule has 0 aliphatic rings. The summed E-state index contributed by atoms with van der Waals surface area (Å²) < 4.78 is 5.14. The van der Waals surface area contributed by atoms with Gasteiger partial charge in [0.05, 0.1) is 24.5 Å². The van der Waals surface area contributed by atoms with Crippen molar-refractivity contribution in [2.45, 2.75) is 4.90 Å². The number of nitriles is 1.